The smallest absolute Gasteiger partial charge is 0.250 e. The van der Waals surface area contributed by atoms with Gasteiger partial charge in [0.1, 0.15) is 12.6 Å². The van der Waals surface area contributed by atoms with Gasteiger partial charge < -0.3 is 19.3 Å². The third kappa shape index (κ3) is 3.97. The Kier molecular flexibility index (Phi) is 5.48. The summed E-state index contributed by atoms with van der Waals surface area (Å²) < 4.78 is 10.9. The molecule has 7 heteroatoms. The van der Waals surface area contributed by atoms with Gasteiger partial charge in [0.05, 0.1) is 0 Å². The van der Waals surface area contributed by atoms with Gasteiger partial charge in [0.2, 0.25) is 12.7 Å². The Morgan fingerprint density at radius 2 is 1.68 bits per heavy atom. The number of amides is 2. The zero-order chi connectivity index (χ0) is 21.4. The van der Waals surface area contributed by atoms with Gasteiger partial charge in [0.15, 0.2) is 11.5 Å². The number of carbonyl (C=O) groups is 2. The van der Waals surface area contributed by atoms with Gasteiger partial charge in [-0.15, -0.1) is 0 Å². The van der Waals surface area contributed by atoms with Gasteiger partial charge in [-0.2, -0.15) is 0 Å². The fourth-order valence-electron chi connectivity index (χ4n) is 4.83. The number of fused-ring (bicyclic) bond motifs is 1. The molecular weight excluding hydrogens is 416 g/mol. The van der Waals surface area contributed by atoms with Crippen molar-refractivity contribution in [2.45, 2.75) is 50.7 Å². The van der Waals surface area contributed by atoms with Gasteiger partial charge in [0, 0.05) is 17.6 Å². The Hall–Kier alpha value is -2.73. The maximum absolute atomic E-state index is 13.7. The van der Waals surface area contributed by atoms with Crippen molar-refractivity contribution in [2.24, 2.45) is 0 Å². The minimum atomic E-state index is -0.661. The summed E-state index contributed by atoms with van der Waals surface area (Å²) in [6.45, 7) is 0.662. The van der Waals surface area contributed by atoms with E-state index in [4.69, 9.17) is 21.1 Å². The molecule has 2 heterocycles. The Bertz CT molecular complexity index is 988. The Morgan fingerprint density at radius 1 is 0.935 bits per heavy atom. The number of piperazine rings is 1. The zero-order valence-corrected chi connectivity index (χ0v) is 18.0. The van der Waals surface area contributed by atoms with Crippen LogP contribution in [0, 0.1) is 0 Å². The van der Waals surface area contributed by atoms with Crippen LogP contribution in [0.4, 0.5) is 0 Å². The number of hydrogen-bond donors (Lipinski definition) is 0. The molecule has 1 saturated carbocycles. The third-order valence-electron chi connectivity index (χ3n) is 6.45. The lowest BCUT2D eigenvalue weighted by atomic mass is 9.91. The van der Waals surface area contributed by atoms with Gasteiger partial charge in [-0.05, 0) is 48.2 Å². The fourth-order valence-corrected chi connectivity index (χ4v) is 4.96. The quantitative estimate of drug-likeness (QED) is 0.710. The van der Waals surface area contributed by atoms with E-state index in [1.165, 1.54) is 6.42 Å². The summed E-state index contributed by atoms with van der Waals surface area (Å²) in [6.07, 6.45) is 5.34. The molecule has 31 heavy (non-hydrogen) atoms. The monoisotopic (exact) mass is 440 g/mol. The van der Waals surface area contributed by atoms with E-state index in [1.54, 1.807) is 17.0 Å². The van der Waals surface area contributed by atoms with E-state index in [2.05, 4.69) is 0 Å². The lowest BCUT2D eigenvalue weighted by molar-refractivity contribution is -0.160. The lowest BCUT2D eigenvalue weighted by Gasteiger charge is -2.44. The molecule has 2 aromatic carbocycles. The number of halogens is 1. The van der Waals surface area contributed by atoms with Crippen LogP contribution in [-0.2, 0) is 16.1 Å². The molecule has 6 nitrogen and oxygen atoms in total. The van der Waals surface area contributed by atoms with Crippen molar-refractivity contribution in [2.75, 3.05) is 13.3 Å². The van der Waals surface area contributed by atoms with Crippen LogP contribution in [0.2, 0.25) is 5.02 Å². The Morgan fingerprint density at radius 3 is 2.45 bits per heavy atom. The van der Waals surface area contributed by atoms with Crippen molar-refractivity contribution in [1.82, 2.24) is 9.80 Å². The van der Waals surface area contributed by atoms with E-state index in [0.29, 0.717) is 23.1 Å². The molecule has 0 spiro atoms. The molecule has 0 aromatic heterocycles. The first-order valence-corrected chi connectivity index (χ1v) is 11.2. The highest BCUT2D eigenvalue weighted by atomic mass is 35.5. The second-order valence-corrected chi connectivity index (χ2v) is 8.86. The predicted molar refractivity (Wildman–Crippen MR) is 116 cm³/mol. The number of carbonyl (C=O) groups excluding carboxylic acids is 2. The van der Waals surface area contributed by atoms with Crippen molar-refractivity contribution in [3.8, 4) is 11.5 Å². The number of hydrogen-bond acceptors (Lipinski definition) is 4. The standard InChI is InChI=1S/C24H25ClN2O4/c25-18-9-7-17(8-10-18)23-24(29)26(19-4-2-1-3-5-19)14-22(28)27(23)13-16-6-11-20-21(12-16)31-15-30-20/h6-12,19,23H,1-5,13-15H2. The van der Waals surface area contributed by atoms with Crippen LogP contribution in [0.3, 0.4) is 0 Å². The van der Waals surface area contributed by atoms with E-state index >= 15 is 0 Å². The summed E-state index contributed by atoms with van der Waals surface area (Å²) in [7, 11) is 0. The first kappa shape index (κ1) is 20.2. The number of ether oxygens (including phenoxy) is 2. The second-order valence-electron chi connectivity index (χ2n) is 8.42. The Balaban J connectivity index is 1.47. The van der Waals surface area contributed by atoms with Crippen LogP contribution in [0.1, 0.15) is 49.3 Å². The van der Waals surface area contributed by atoms with Crippen molar-refractivity contribution in [1.29, 1.82) is 0 Å². The summed E-state index contributed by atoms with van der Waals surface area (Å²) in [4.78, 5) is 30.5. The molecule has 1 unspecified atom stereocenters. The first-order chi connectivity index (χ1) is 15.1. The highest BCUT2D eigenvalue weighted by Gasteiger charge is 2.43. The third-order valence-corrected chi connectivity index (χ3v) is 6.70. The van der Waals surface area contributed by atoms with E-state index in [-0.39, 0.29) is 31.2 Å². The number of rotatable bonds is 4. The maximum Gasteiger partial charge on any atom is 0.250 e. The molecule has 3 aliphatic rings. The number of benzene rings is 2. The summed E-state index contributed by atoms with van der Waals surface area (Å²) >= 11 is 6.08. The molecule has 162 valence electrons. The van der Waals surface area contributed by atoms with Crippen LogP contribution in [-0.4, -0.2) is 41.0 Å². The van der Waals surface area contributed by atoms with Crippen molar-refractivity contribution in [3.05, 3.63) is 58.6 Å². The zero-order valence-electron chi connectivity index (χ0n) is 17.3. The molecule has 0 radical (unpaired) electrons. The summed E-state index contributed by atoms with van der Waals surface area (Å²) in [5, 5.41) is 0.602. The fraction of sp³-hybridized carbons (Fsp3) is 0.417. The average Bonchev–Trinajstić information content (AvgIpc) is 3.26. The summed E-state index contributed by atoms with van der Waals surface area (Å²) in [5.41, 5.74) is 1.68. The SMILES string of the molecule is O=C1C(c2ccc(Cl)cc2)N(Cc2ccc3c(c2)OCO3)C(=O)CN1C1CCCCC1. The molecule has 0 bridgehead atoms. The summed E-state index contributed by atoms with van der Waals surface area (Å²) in [6, 6.07) is 12.4. The minimum Gasteiger partial charge on any atom is -0.454 e. The van der Waals surface area contributed by atoms with Gasteiger partial charge in [-0.3, -0.25) is 9.59 Å². The largest absolute Gasteiger partial charge is 0.454 e. The van der Waals surface area contributed by atoms with E-state index in [1.807, 2.05) is 35.2 Å². The lowest BCUT2D eigenvalue weighted by Crippen LogP contribution is -2.58. The van der Waals surface area contributed by atoms with E-state index < -0.39 is 6.04 Å². The summed E-state index contributed by atoms with van der Waals surface area (Å²) in [5.74, 6) is 1.32. The van der Waals surface area contributed by atoms with Gasteiger partial charge >= 0.3 is 0 Å². The van der Waals surface area contributed by atoms with Gasteiger partial charge in [-0.1, -0.05) is 49.1 Å². The van der Waals surface area contributed by atoms with Crippen molar-refractivity contribution >= 4 is 23.4 Å². The molecule has 5 rings (SSSR count). The van der Waals surface area contributed by atoms with Crippen LogP contribution in [0.15, 0.2) is 42.5 Å². The van der Waals surface area contributed by atoms with Crippen LogP contribution >= 0.6 is 11.6 Å². The predicted octanol–water partition coefficient (Wildman–Crippen LogP) is 4.31. The van der Waals surface area contributed by atoms with Crippen LogP contribution in [0.5, 0.6) is 11.5 Å². The topological polar surface area (TPSA) is 59.1 Å². The highest BCUT2D eigenvalue weighted by Crippen LogP contribution is 2.36. The van der Waals surface area contributed by atoms with Gasteiger partial charge in [-0.25, -0.2) is 0 Å². The van der Waals surface area contributed by atoms with Crippen LogP contribution in [0.25, 0.3) is 0 Å². The highest BCUT2D eigenvalue weighted by molar-refractivity contribution is 6.30. The molecule has 2 aromatic rings. The molecule has 1 aliphatic carbocycles. The first-order valence-electron chi connectivity index (χ1n) is 10.8. The maximum atomic E-state index is 13.7. The normalized spacial score (nSPS) is 21.6. The molecule has 0 N–H and O–H groups in total. The molecule has 2 amide bonds. The Labute approximate surface area is 186 Å². The van der Waals surface area contributed by atoms with Gasteiger partial charge in [0.25, 0.3) is 5.91 Å². The molecule has 2 aliphatic heterocycles. The second kappa shape index (κ2) is 8.42. The number of nitrogens with zero attached hydrogens (tertiary/aromatic N) is 2. The molecule has 1 saturated heterocycles. The van der Waals surface area contributed by atoms with Crippen molar-refractivity contribution in [3.63, 3.8) is 0 Å². The average molecular weight is 441 g/mol. The molecule has 1 atom stereocenters. The van der Waals surface area contributed by atoms with Crippen molar-refractivity contribution < 1.29 is 19.1 Å². The molecular formula is C24H25ClN2O4. The molecule has 2 fully saturated rings. The minimum absolute atomic E-state index is 0.00503. The van der Waals surface area contributed by atoms with E-state index in [0.717, 1.165) is 36.8 Å². The van der Waals surface area contributed by atoms with E-state index in [9.17, 15) is 9.59 Å². The van der Waals surface area contributed by atoms with Crippen LogP contribution < -0.4 is 9.47 Å².